The average Bonchev–Trinajstić information content (AvgIpc) is 3.23. The Hall–Kier alpha value is -2.36. The lowest BCUT2D eigenvalue weighted by atomic mass is 9.87. The SMILES string of the molecule is CCC[C@H](N[C@H]1CCc2cc(F)cc(F)c2C1)C(=O)Nc1cn(CCNCCCOC)cn1. The number of hydrogen-bond donors (Lipinski definition) is 3. The number of methoxy groups -OCH3 is 1. The number of hydrogen-bond acceptors (Lipinski definition) is 5. The second-order valence-corrected chi connectivity index (χ2v) is 8.56. The molecule has 0 aliphatic heterocycles. The van der Waals surface area contributed by atoms with E-state index in [1.807, 2.05) is 17.7 Å². The number of aromatic nitrogens is 2. The summed E-state index contributed by atoms with van der Waals surface area (Å²) in [5, 5.41) is 9.64. The largest absolute Gasteiger partial charge is 0.385 e. The maximum absolute atomic E-state index is 14.2. The van der Waals surface area contributed by atoms with Gasteiger partial charge in [0.25, 0.3) is 0 Å². The molecule has 0 radical (unpaired) electrons. The first-order valence-electron chi connectivity index (χ1n) is 11.7. The Morgan fingerprint density at radius 1 is 1.33 bits per heavy atom. The number of nitrogens with one attached hydrogen (secondary N) is 3. The van der Waals surface area contributed by atoms with Crippen LogP contribution in [0.15, 0.2) is 24.7 Å². The fraction of sp³-hybridized carbons (Fsp3) is 0.583. The summed E-state index contributed by atoms with van der Waals surface area (Å²) in [5.41, 5.74) is 1.27. The standard InChI is InChI=1S/C24H35F2N5O2/c1-3-5-22(29-19-7-6-17-12-18(25)13-21(26)20(17)14-19)24(32)30-23-15-31(16-28-23)10-9-27-8-4-11-33-2/h12-13,15-16,19,22,27,29H,3-11,14H2,1-2H3,(H,30,32)/t19-,22-/m0/s1. The minimum absolute atomic E-state index is 0.0403. The number of rotatable bonds is 13. The van der Waals surface area contributed by atoms with Crippen molar-refractivity contribution in [2.75, 3.05) is 32.1 Å². The van der Waals surface area contributed by atoms with E-state index in [1.54, 1.807) is 13.4 Å². The first kappa shape index (κ1) is 25.3. The van der Waals surface area contributed by atoms with Crippen LogP contribution in [0, 0.1) is 11.6 Å². The molecule has 182 valence electrons. The van der Waals surface area contributed by atoms with E-state index in [2.05, 4.69) is 20.9 Å². The molecule has 0 bridgehead atoms. The van der Waals surface area contributed by atoms with E-state index in [1.165, 1.54) is 6.07 Å². The molecule has 1 aliphatic carbocycles. The molecule has 33 heavy (non-hydrogen) atoms. The topological polar surface area (TPSA) is 80.2 Å². The fourth-order valence-electron chi connectivity index (χ4n) is 4.23. The highest BCUT2D eigenvalue weighted by Gasteiger charge is 2.27. The highest BCUT2D eigenvalue weighted by molar-refractivity contribution is 5.94. The molecular weight excluding hydrogens is 428 g/mol. The second kappa shape index (κ2) is 12.8. The van der Waals surface area contributed by atoms with Gasteiger partial charge in [-0.25, -0.2) is 13.8 Å². The third kappa shape index (κ3) is 7.58. The Morgan fingerprint density at radius 2 is 2.18 bits per heavy atom. The van der Waals surface area contributed by atoms with Gasteiger partial charge in [0.05, 0.1) is 12.4 Å². The Kier molecular flexibility index (Phi) is 9.77. The Balaban J connectivity index is 1.51. The quantitative estimate of drug-likeness (QED) is 0.398. The number of imidazole rings is 1. The van der Waals surface area contributed by atoms with Crippen LogP contribution in [0.5, 0.6) is 0 Å². The van der Waals surface area contributed by atoms with Gasteiger partial charge < -0.3 is 25.3 Å². The zero-order valence-corrected chi connectivity index (χ0v) is 19.5. The minimum Gasteiger partial charge on any atom is -0.385 e. The van der Waals surface area contributed by atoms with Crippen LogP contribution in [0.1, 0.15) is 43.7 Å². The Bertz CT molecular complexity index is 905. The van der Waals surface area contributed by atoms with Crippen molar-refractivity contribution in [1.29, 1.82) is 0 Å². The van der Waals surface area contributed by atoms with Crippen LogP contribution in [-0.2, 0) is 28.9 Å². The third-order valence-corrected chi connectivity index (χ3v) is 5.93. The molecule has 0 unspecified atom stereocenters. The summed E-state index contributed by atoms with van der Waals surface area (Å²) in [7, 11) is 1.69. The summed E-state index contributed by atoms with van der Waals surface area (Å²) in [5.74, 6) is -0.683. The Labute approximate surface area is 194 Å². The number of halogens is 2. The van der Waals surface area contributed by atoms with E-state index >= 15 is 0 Å². The van der Waals surface area contributed by atoms with Gasteiger partial charge in [-0.1, -0.05) is 13.3 Å². The molecule has 0 saturated heterocycles. The predicted octanol–water partition coefficient (Wildman–Crippen LogP) is 3.04. The zero-order chi connectivity index (χ0) is 23.6. The van der Waals surface area contributed by atoms with Crippen molar-refractivity contribution in [3.05, 3.63) is 47.4 Å². The lowest BCUT2D eigenvalue weighted by Crippen LogP contribution is -2.48. The van der Waals surface area contributed by atoms with E-state index < -0.39 is 17.7 Å². The molecule has 1 aromatic heterocycles. The van der Waals surface area contributed by atoms with E-state index in [4.69, 9.17) is 4.74 Å². The number of nitrogens with zero attached hydrogens (tertiary/aromatic N) is 2. The van der Waals surface area contributed by atoms with E-state index in [0.717, 1.165) is 57.1 Å². The highest BCUT2D eigenvalue weighted by atomic mass is 19.1. The first-order chi connectivity index (χ1) is 16.0. The molecule has 3 rings (SSSR count). The Morgan fingerprint density at radius 3 is 2.97 bits per heavy atom. The van der Waals surface area contributed by atoms with Gasteiger partial charge >= 0.3 is 0 Å². The summed E-state index contributed by atoms with van der Waals surface area (Å²) in [6.07, 6.45) is 7.74. The average molecular weight is 464 g/mol. The monoisotopic (exact) mass is 463 g/mol. The molecule has 1 heterocycles. The van der Waals surface area contributed by atoms with Crippen molar-refractivity contribution in [2.24, 2.45) is 0 Å². The summed E-state index contributed by atoms with van der Waals surface area (Å²) in [4.78, 5) is 17.2. The number of ether oxygens (including phenoxy) is 1. The van der Waals surface area contributed by atoms with Crippen LogP contribution in [0.3, 0.4) is 0 Å². The molecule has 0 saturated carbocycles. The highest BCUT2D eigenvalue weighted by Crippen LogP contribution is 2.25. The number of fused-ring (bicyclic) bond motifs is 1. The van der Waals surface area contributed by atoms with Gasteiger partial charge in [0.2, 0.25) is 5.91 Å². The maximum Gasteiger partial charge on any atom is 0.242 e. The van der Waals surface area contributed by atoms with Crippen LogP contribution in [0.25, 0.3) is 0 Å². The zero-order valence-electron chi connectivity index (χ0n) is 19.5. The van der Waals surface area contributed by atoms with Crippen molar-refractivity contribution >= 4 is 11.7 Å². The molecule has 9 heteroatoms. The molecule has 3 N–H and O–H groups in total. The number of carbonyl (C=O) groups excluding carboxylic acids is 1. The molecule has 1 amide bonds. The van der Waals surface area contributed by atoms with E-state index in [-0.39, 0.29) is 11.9 Å². The minimum atomic E-state index is -0.540. The van der Waals surface area contributed by atoms with Gasteiger partial charge in [0.15, 0.2) is 5.82 Å². The third-order valence-electron chi connectivity index (χ3n) is 5.93. The number of anilines is 1. The molecule has 2 aromatic rings. The van der Waals surface area contributed by atoms with Crippen LogP contribution >= 0.6 is 0 Å². The van der Waals surface area contributed by atoms with Crippen LogP contribution in [0.2, 0.25) is 0 Å². The summed E-state index contributed by atoms with van der Waals surface area (Å²) >= 11 is 0. The van der Waals surface area contributed by atoms with Gasteiger partial charge in [-0.05, 0) is 55.8 Å². The summed E-state index contributed by atoms with van der Waals surface area (Å²) in [6, 6.07) is 1.90. The predicted molar refractivity (Wildman–Crippen MR) is 124 cm³/mol. The molecule has 7 nitrogen and oxygen atoms in total. The van der Waals surface area contributed by atoms with Gasteiger partial charge in [-0.3, -0.25) is 4.79 Å². The van der Waals surface area contributed by atoms with Crippen molar-refractivity contribution in [3.63, 3.8) is 0 Å². The van der Waals surface area contributed by atoms with Crippen LogP contribution in [0.4, 0.5) is 14.6 Å². The summed E-state index contributed by atoms with van der Waals surface area (Å²) in [6.45, 7) is 5.20. The van der Waals surface area contributed by atoms with Crippen LogP contribution < -0.4 is 16.0 Å². The molecule has 1 aromatic carbocycles. The van der Waals surface area contributed by atoms with E-state index in [9.17, 15) is 13.6 Å². The van der Waals surface area contributed by atoms with Crippen molar-refractivity contribution in [2.45, 2.75) is 64.1 Å². The van der Waals surface area contributed by atoms with Gasteiger partial charge in [0.1, 0.15) is 11.6 Å². The first-order valence-corrected chi connectivity index (χ1v) is 11.7. The lowest BCUT2D eigenvalue weighted by Gasteiger charge is -2.29. The fourth-order valence-corrected chi connectivity index (χ4v) is 4.23. The smallest absolute Gasteiger partial charge is 0.242 e. The summed E-state index contributed by atoms with van der Waals surface area (Å²) < 4.78 is 34.7. The number of benzene rings is 1. The van der Waals surface area contributed by atoms with Crippen LogP contribution in [-0.4, -0.2) is 54.3 Å². The van der Waals surface area contributed by atoms with Crippen molar-refractivity contribution < 1.29 is 18.3 Å². The lowest BCUT2D eigenvalue weighted by molar-refractivity contribution is -0.118. The number of aryl methyl sites for hydroxylation is 1. The van der Waals surface area contributed by atoms with Gasteiger partial charge in [-0.15, -0.1) is 0 Å². The molecular formula is C24H35F2N5O2. The molecule has 1 aliphatic rings. The van der Waals surface area contributed by atoms with Crippen molar-refractivity contribution in [1.82, 2.24) is 20.2 Å². The normalized spacial score (nSPS) is 16.4. The maximum atomic E-state index is 14.2. The number of carbonyl (C=O) groups is 1. The van der Waals surface area contributed by atoms with Crippen molar-refractivity contribution in [3.8, 4) is 0 Å². The second-order valence-electron chi connectivity index (χ2n) is 8.56. The molecule has 0 spiro atoms. The van der Waals surface area contributed by atoms with E-state index in [0.29, 0.717) is 30.6 Å². The van der Waals surface area contributed by atoms with Gasteiger partial charge in [0, 0.05) is 45.1 Å². The molecule has 0 fully saturated rings. The molecule has 2 atom stereocenters. The number of amides is 1. The van der Waals surface area contributed by atoms with Gasteiger partial charge in [-0.2, -0.15) is 0 Å².